The lowest BCUT2D eigenvalue weighted by Gasteiger charge is -2.22. The first-order chi connectivity index (χ1) is 11.3. The van der Waals surface area contributed by atoms with E-state index in [1.165, 1.54) is 10.6 Å². The van der Waals surface area contributed by atoms with Crippen molar-refractivity contribution in [3.05, 3.63) is 45.7 Å². The molecule has 1 saturated heterocycles. The van der Waals surface area contributed by atoms with Crippen LogP contribution < -0.4 is 5.56 Å². The highest BCUT2D eigenvalue weighted by molar-refractivity contribution is 7.88. The minimum absolute atomic E-state index is 0.0535. The molecule has 1 aliphatic rings. The van der Waals surface area contributed by atoms with Crippen LogP contribution in [0.5, 0.6) is 0 Å². The molecular formula is C17H22N2O4S. The molecule has 0 aliphatic carbocycles. The molecule has 7 heteroatoms. The minimum Gasteiger partial charge on any atom is -0.377 e. The molecule has 2 aromatic rings. The minimum atomic E-state index is -3.43. The van der Waals surface area contributed by atoms with E-state index < -0.39 is 10.0 Å². The molecule has 0 saturated carbocycles. The zero-order valence-electron chi connectivity index (χ0n) is 13.9. The lowest BCUT2D eigenvalue weighted by molar-refractivity contribution is 0.0927. The first-order valence-electron chi connectivity index (χ1n) is 8.02. The molecule has 0 radical (unpaired) electrons. The molecular weight excluding hydrogens is 328 g/mol. The van der Waals surface area contributed by atoms with Crippen molar-refractivity contribution in [3.8, 4) is 0 Å². The van der Waals surface area contributed by atoms with Crippen LogP contribution in [0.15, 0.2) is 29.1 Å². The van der Waals surface area contributed by atoms with E-state index in [4.69, 9.17) is 4.74 Å². The molecule has 0 bridgehead atoms. The fourth-order valence-corrected chi connectivity index (χ4v) is 3.82. The Morgan fingerprint density at radius 2 is 2.12 bits per heavy atom. The Kier molecular flexibility index (Phi) is 4.76. The number of aromatic amines is 1. The third-order valence-electron chi connectivity index (χ3n) is 4.32. The Balaban J connectivity index is 1.92. The average Bonchev–Trinajstić information content (AvgIpc) is 3.00. The fourth-order valence-electron chi connectivity index (χ4n) is 3.01. The summed E-state index contributed by atoms with van der Waals surface area (Å²) in [6, 6.07) is 7.53. The summed E-state index contributed by atoms with van der Waals surface area (Å²) in [6.07, 6.45) is 2.86. The van der Waals surface area contributed by atoms with Gasteiger partial charge in [-0.15, -0.1) is 0 Å². The second kappa shape index (κ2) is 6.66. The van der Waals surface area contributed by atoms with Gasteiger partial charge in [-0.3, -0.25) is 4.79 Å². The number of H-pyrrole nitrogens is 1. The normalized spacial score (nSPS) is 18.5. The molecule has 1 fully saturated rings. The topological polar surface area (TPSA) is 79.5 Å². The van der Waals surface area contributed by atoms with E-state index in [1.807, 2.05) is 25.1 Å². The summed E-state index contributed by atoms with van der Waals surface area (Å²) in [7, 11) is -3.43. The van der Waals surface area contributed by atoms with Crippen LogP contribution in [0.1, 0.15) is 24.0 Å². The molecule has 0 amide bonds. The smallest absolute Gasteiger partial charge is 0.252 e. The number of nitrogens with zero attached hydrogens (tertiary/aromatic N) is 1. The SMILES string of the molecule is Cc1ccc2[nH]c(=O)c(CN(CC3CCCO3)S(C)(=O)=O)cc2c1. The van der Waals surface area contributed by atoms with Gasteiger partial charge >= 0.3 is 0 Å². The first kappa shape index (κ1) is 17.1. The number of benzene rings is 1. The number of nitrogens with one attached hydrogen (secondary N) is 1. The van der Waals surface area contributed by atoms with E-state index in [0.29, 0.717) is 12.2 Å². The molecule has 1 aromatic carbocycles. The van der Waals surface area contributed by atoms with Crippen LogP contribution in [0.2, 0.25) is 0 Å². The number of pyridine rings is 1. The summed E-state index contributed by atoms with van der Waals surface area (Å²) in [5.74, 6) is 0. The zero-order chi connectivity index (χ0) is 17.3. The van der Waals surface area contributed by atoms with Crippen molar-refractivity contribution in [2.75, 3.05) is 19.4 Å². The monoisotopic (exact) mass is 350 g/mol. The lowest BCUT2D eigenvalue weighted by Crippen LogP contribution is -2.37. The van der Waals surface area contributed by atoms with E-state index in [9.17, 15) is 13.2 Å². The molecule has 6 nitrogen and oxygen atoms in total. The van der Waals surface area contributed by atoms with Crippen molar-refractivity contribution in [2.24, 2.45) is 0 Å². The quantitative estimate of drug-likeness (QED) is 0.891. The summed E-state index contributed by atoms with van der Waals surface area (Å²) >= 11 is 0. The van der Waals surface area contributed by atoms with Crippen LogP contribution in [0.3, 0.4) is 0 Å². The number of aromatic nitrogens is 1. The van der Waals surface area contributed by atoms with Crippen molar-refractivity contribution in [2.45, 2.75) is 32.4 Å². The maximum absolute atomic E-state index is 12.3. The van der Waals surface area contributed by atoms with Gasteiger partial charge < -0.3 is 9.72 Å². The standard InChI is InChI=1S/C17H22N2O4S/c1-12-5-6-16-13(8-12)9-14(17(20)18-16)10-19(24(2,21)22)11-15-4-3-7-23-15/h5-6,8-9,15H,3-4,7,10-11H2,1-2H3,(H,18,20). The number of sulfonamides is 1. The van der Waals surface area contributed by atoms with E-state index >= 15 is 0 Å². The number of hydrogen-bond acceptors (Lipinski definition) is 4. The zero-order valence-corrected chi connectivity index (χ0v) is 14.7. The van der Waals surface area contributed by atoms with Crippen LogP contribution in [0, 0.1) is 6.92 Å². The van der Waals surface area contributed by atoms with Crippen LogP contribution in [0.25, 0.3) is 10.9 Å². The molecule has 2 heterocycles. The van der Waals surface area contributed by atoms with E-state index in [2.05, 4.69) is 4.98 Å². The largest absolute Gasteiger partial charge is 0.377 e. The average molecular weight is 350 g/mol. The maximum atomic E-state index is 12.3. The predicted octanol–water partition coefficient (Wildman–Crippen LogP) is 1.78. The van der Waals surface area contributed by atoms with Crippen LogP contribution in [0.4, 0.5) is 0 Å². The Labute approximate surface area is 141 Å². The Morgan fingerprint density at radius 3 is 2.79 bits per heavy atom. The highest BCUT2D eigenvalue weighted by Crippen LogP contribution is 2.18. The molecule has 24 heavy (non-hydrogen) atoms. The first-order valence-corrected chi connectivity index (χ1v) is 9.87. The third kappa shape index (κ3) is 3.85. The van der Waals surface area contributed by atoms with Crippen LogP contribution in [-0.4, -0.2) is 43.2 Å². The number of aryl methyl sites for hydroxylation is 1. The Morgan fingerprint density at radius 1 is 1.33 bits per heavy atom. The van der Waals surface area contributed by atoms with Gasteiger partial charge in [0.15, 0.2) is 0 Å². The summed E-state index contributed by atoms with van der Waals surface area (Å²) < 4.78 is 31.1. The molecule has 1 aliphatic heterocycles. The molecule has 1 N–H and O–H groups in total. The highest BCUT2D eigenvalue weighted by atomic mass is 32.2. The van der Waals surface area contributed by atoms with Crippen molar-refractivity contribution in [1.82, 2.24) is 9.29 Å². The van der Waals surface area contributed by atoms with E-state index in [-0.39, 0.29) is 24.8 Å². The molecule has 0 spiro atoms. The highest BCUT2D eigenvalue weighted by Gasteiger charge is 2.25. The van der Waals surface area contributed by atoms with Gasteiger partial charge in [0.25, 0.3) is 5.56 Å². The lowest BCUT2D eigenvalue weighted by atomic mass is 10.1. The number of rotatable bonds is 5. The Bertz CT molecular complexity index is 898. The number of hydrogen-bond donors (Lipinski definition) is 1. The third-order valence-corrected chi connectivity index (χ3v) is 5.54. The van der Waals surface area contributed by atoms with E-state index in [0.717, 1.165) is 29.3 Å². The van der Waals surface area contributed by atoms with Gasteiger partial charge in [-0.2, -0.15) is 4.31 Å². The second-order valence-electron chi connectivity index (χ2n) is 6.40. The van der Waals surface area contributed by atoms with Crippen molar-refractivity contribution in [1.29, 1.82) is 0 Å². The van der Waals surface area contributed by atoms with Gasteiger partial charge in [-0.1, -0.05) is 11.6 Å². The van der Waals surface area contributed by atoms with Crippen LogP contribution >= 0.6 is 0 Å². The van der Waals surface area contributed by atoms with Gasteiger partial charge in [0.1, 0.15) is 0 Å². The van der Waals surface area contributed by atoms with Gasteiger partial charge in [0.05, 0.1) is 12.4 Å². The number of fused-ring (bicyclic) bond motifs is 1. The van der Waals surface area contributed by atoms with Gasteiger partial charge in [-0.25, -0.2) is 8.42 Å². The maximum Gasteiger partial charge on any atom is 0.252 e. The molecule has 3 rings (SSSR count). The Hall–Kier alpha value is -1.70. The number of ether oxygens (including phenoxy) is 1. The molecule has 1 unspecified atom stereocenters. The van der Waals surface area contributed by atoms with Gasteiger partial charge in [0, 0.05) is 30.8 Å². The van der Waals surface area contributed by atoms with Crippen molar-refractivity contribution >= 4 is 20.9 Å². The van der Waals surface area contributed by atoms with Crippen molar-refractivity contribution < 1.29 is 13.2 Å². The van der Waals surface area contributed by atoms with Crippen molar-refractivity contribution in [3.63, 3.8) is 0 Å². The van der Waals surface area contributed by atoms with Gasteiger partial charge in [0.2, 0.25) is 10.0 Å². The predicted molar refractivity (Wildman–Crippen MR) is 93.5 cm³/mol. The molecule has 1 atom stereocenters. The molecule has 130 valence electrons. The summed E-state index contributed by atoms with van der Waals surface area (Å²) in [5.41, 5.74) is 2.02. The second-order valence-corrected chi connectivity index (χ2v) is 8.39. The van der Waals surface area contributed by atoms with E-state index in [1.54, 1.807) is 6.07 Å². The van der Waals surface area contributed by atoms with Crippen LogP contribution in [-0.2, 0) is 21.3 Å². The fraction of sp³-hybridized carbons (Fsp3) is 0.471. The van der Waals surface area contributed by atoms with Gasteiger partial charge in [-0.05, 0) is 43.4 Å². The summed E-state index contributed by atoms with van der Waals surface area (Å²) in [6.45, 7) is 2.98. The summed E-state index contributed by atoms with van der Waals surface area (Å²) in [4.78, 5) is 15.1. The molecule has 1 aromatic heterocycles. The summed E-state index contributed by atoms with van der Waals surface area (Å²) in [5, 5.41) is 0.898.